The molecule has 2 aromatic rings. The van der Waals surface area contributed by atoms with E-state index in [2.05, 4.69) is 34.9 Å². The predicted molar refractivity (Wildman–Crippen MR) is 99.1 cm³/mol. The SMILES string of the molecule is CCOc1ccc(NC(=S)NC2CCCc3ccccc32)cc1. The Morgan fingerprint density at radius 2 is 1.96 bits per heavy atom. The van der Waals surface area contributed by atoms with E-state index in [1.165, 1.54) is 17.5 Å². The van der Waals surface area contributed by atoms with Crippen LogP contribution in [0.3, 0.4) is 0 Å². The number of ether oxygens (including phenoxy) is 1. The lowest BCUT2D eigenvalue weighted by atomic mass is 9.88. The molecular formula is C19H22N2OS. The molecule has 1 atom stereocenters. The molecule has 0 fully saturated rings. The summed E-state index contributed by atoms with van der Waals surface area (Å²) < 4.78 is 5.45. The van der Waals surface area contributed by atoms with Crippen LogP contribution in [0.5, 0.6) is 5.75 Å². The molecule has 2 N–H and O–H groups in total. The fraction of sp³-hybridized carbons (Fsp3) is 0.316. The number of anilines is 1. The minimum Gasteiger partial charge on any atom is -0.494 e. The second kappa shape index (κ2) is 7.47. The first kappa shape index (κ1) is 15.8. The number of rotatable bonds is 4. The highest BCUT2D eigenvalue weighted by atomic mass is 32.1. The quantitative estimate of drug-likeness (QED) is 0.813. The highest BCUT2D eigenvalue weighted by Crippen LogP contribution is 2.29. The second-order valence-corrected chi connectivity index (χ2v) is 6.11. The Bertz CT molecular complexity index is 669. The monoisotopic (exact) mass is 326 g/mol. The molecule has 1 aliphatic rings. The molecule has 0 bridgehead atoms. The van der Waals surface area contributed by atoms with Crippen molar-refractivity contribution in [1.82, 2.24) is 5.32 Å². The number of thiocarbonyl (C=S) groups is 1. The second-order valence-electron chi connectivity index (χ2n) is 5.70. The summed E-state index contributed by atoms with van der Waals surface area (Å²) in [4.78, 5) is 0. The van der Waals surface area contributed by atoms with Crippen molar-refractivity contribution in [2.45, 2.75) is 32.2 Å². The number of hydrogen-bond acceptors (Lipinski definition) is 2. The van der Waals surface area contributed by atoms with Gasteiger partial charge in [-0.05, 0) is 73.8 Å². The maximum atomic E-state index is 5.48. The summed E-state index contributed by atoms with van der Waals surface area (Å²) in [5, 5.41) is 7.37. The Hall–Kier alpha value is -2.07. The lowest BCUT2D eigenvalue weighted by molar-refractivity contribution is 0.340. The van der Waals surface area contributed by atoms with Crippen molar-refractivity contribution in [2.75, 3.05) is 11.9 Å². The Morgan fingerprint density at radius 3 is 2.74 bits per heavy atom. The van der Waals surface area contributed by atoms with Gasteiger partial charge < -0.3 is 15.4 Å². The molecule has 2 aromatic carbocycles. The van der Waals surface area contributed by atoms with Crippen molar-refractivity contribution in [3.63, 3.8) is 0 Å². The molecule has 1 aliphatic carbocycles. The van der Waals surface area contributed by atoms with E-state index < -0.39 is 0 Å². The molecule has 0 radical (unpaired) electrons. The standard InChI is InChI=1S/C19H22N2OS/c1-2-22-16-12-10-15(11-13-16)20-19(23)21-18-9-5-7-14-6-3-4-8-17(14)18/h3-4,6,8,10-13,18H,2,5,7,9H2,1H3,(H2,20,21,23). The van der Waals surface area contributed by atoms with Gasteiger partial charge in [0.25, 0.3) is 0 Å². The molecule has 0 aliphatic heterocycles. The van der Waals surface area contributed by atoms with Crippen molar-refractivity contribution < 1.29 is 4.74 Å². The van der Waals surface area contributed by atoms with Crippen LogP contribution in [0.15, 0.2) is 48.5 Å². The molecule has 3 nitrogen and oxygen atoms in total. The smallest absolute Gasteiger partial charge is 0.171 e. The van der Waals surface area contributed by atoms with Gasteiger partial charge in [-0.25, -0.2) is 0 Å². The third-order valence-electron chi connectivity index (χ3n) is 4.10. The molecule has 0 heterocycles. The largest absolute Gasteiger partial charge is 0.494 e. The maximum Gasteiger partial charge on any atom is 0.171 e. The molecular weight excluding hydrogens is 304 g/mol. The predicted octanol–water partition coefficient (Wildman–Crippen LogP) is 4.45. The van der Waals surface area contributed by atoms with Crippen LogP contribution in [0.1, 0.15) is 36.9 Å². The molecule has 23 heavy (non-hydrogen) atoms. The van der Waals surface area contributed by atoms with Crippen LogP contribution in [0, 0.1) is 0 Å². The van der Waals surface area contributed by atoms with Gasteiger partial charge >= 0.3 is 0 Å². The topological polar surface area (TPSA) is 33.3 Å². The van der Waals surface area contributed by atoms with E-state index in [1.54, 1.807) is 0 Å². The fourth-order valence-corrected chi connectivity index (χ4v) is 3.29. The zero-order valence-corrected chi connectivity index (χ0v) is 14.2. The van der Waals surface area contributed by atoms with Crippen LogP contribution >= 0.6 is 12.2 Å². The number of benzene rings is 2. The lowest BCUT2D eigenvalue weighted by Crippen LogP contribution is -2.34. The zero-order valence-electron chi connectivity index (χ0n) is 13.3. The summed E-state index contributed by atoms with van der Waals surface area (Å²) in [5.41, 5.74) is 3.77. The van der Waals surface area contributed by atoms with Gasteiger partial charge in [0, 0.05) is 5.69 Å². The van der Waals surface area contributed by atoms with Gasteiger partial charge in [0.05, 0.1) is 12.6 Å². The van der Waals surface area contributed by atoms with E-state index in [9.17, 15) is 0 Å². The van der Waals surface area contributed by atoms with E-state index in [-0.39, 0.29) is 0 Å². The average molecular weight is 326 g/mol. The van der Waals surface area contributed by atoms with Gasteiger partial charge in [0.15, 0.2) is 5.11 Å². The van der Waals surface area contributed by atoms with Gasteiger partial charge in [-0.2, -0.15) is 0 Å². The number of fused-ring (bicyclic) bond motifs is 1. The van der Waals surface area contributed by atoms with Crippen LogP contribution in [0.4, 0.5) is 5.69 Å². The van der Waals surface area contributed by atoms with Crippen molar-refractivity contribution >= 4 is 23.0 Å². The van der Waals surface area contributed by atoms with Crippen LogP contribution in [0.2, 0.25) is 0 Å². The van der Waals surface area contributed by atoms with Crippen LogP contribution in [-0.4, -0.2) is 11.7 Å². The minimum absolute atomic E-state index is 0.294. The van der Waals surface area contributed by atoms with Crippen molar-refractivity contribution in [1.29, 1.82) is 0 Å². The van der Waals surface area contributed by atoms with E-state index in [1.807, 2.05) is 31.2 Å². The van der Waals surface area contributed by atoms with E-state index >= 15 is 0 Å². The maximum absolute atomic E-state index is 5.48. The summed E-state index contributed by atoms with van der Waals surface area (Å²) in [7, 11) is 0. The van der Waals surface area contributed by atoms with Crippen molar-refractivity contribution in [3.8, 4) is 5.75 Å². The first-order valence-electron chi connectivity index (χ1n) is 8.14. The molecule has 1 unspecified atom stereocenters. The number of aryl methyl sites for hydroxylation is 1. The van der Waals surface area contributed by atoms with E-state index in [0.29, 0.717) is 17.8 Å². The Morgan fingerprint density at radius 1 is 1.17 bits per heavy atom. The van der Waals surface area contributed by atoms with E-state index in [0.717, 1.165) is 24.3 Å². The number of hydrogen-bond donors (Lipinski definition) is 2. The summed E-state index contributed by atoms with van der Waals surface area (Å²) in [5.74, 6) is 0.873. The summed E-state index contributed by atoms with van der Waals surface area (Å²) in [6.07, 6.45) is 3.47. The van der Waals surface area contributed by atoms with Gasteiger partial charge in [0.2, 0.25) is 0 Å². The fourth-order valence-electron chi connectivity index (χ4n) is 3.03. The van der Waals surface area contributed by atoms with E-state index in [4.69, 9.17) is 17.0 Å². The molecule has 0 spiro atoms. The zero-order chi connectivity index (χ0) is 16.1. The highest BCUT2D eigenvalue weighted by molar-refractivity contribution is 7.80. The molecule has 4 heteroatoms. The summed E-state index contributed by atoms with van der Waals surface area (Å²) in [6.45, 7) is 2.65. The molecule has 0 saturated heterocycles. The molecule has 120 valence electrons. The minimum atomic E-state index is 0.294. The Kier molecular flexibility index (Phi) is 5.13. The van der Waals surface area contributed by atoms with Gasteiger partial charge in [-0.1, -0.05) is 24.3 Å². The average Bonchev–Trinajstić information content (AvgIpc) is 2.57. The number of nitrogens with one attached hydrogen (secondary N) is 2. The molecule has 0 amide bonds. The summed E-state index contributed by atoms with van der Waals surface area (Å²) >= 11 is 5.48. The van der Waals surface area contributed by atoms with Crippen LogP contribution < -0.4 is 15.4 Å². The highest BCUT2D eigenvalue weighted by Gasteiger charge is 2.20. The Balaban J connectivity index is 1.62. The third-order valence-corrected chi connectivity index (χ3v) is 4.32. The molecule has 0 saturated carbocycles. The van der Waals surface area contributed by atoms with Crippen LogP contribution in [-0.2, 0) is 6.42 Å². The molecule has 0 aromatic heterocycles. The first-order chi connectivity index (χ1) is 11.3. The van der Waals surface area contributed by atoms with Gasteiger partial charge in [0.1, 0.15) is 5.75 Å². The first-order valence-corrected chi connectivity index (χ1v) is 8.55. The lowest BCUT2D eigenvalue weighted by Gasteiger charge is -2.27. The normalized spacial score (nSPS) is 16.3. The third kappa shape index (κ3) is 4.02. The van der Waals surface area contributed by atoms with Crippen LogP contribution in [0.25, 0.3) is 0 Å². The van der Waals surface area contributed by atoms with Crippen molar-refractivity contribution in [2.24, 2.45) is 0 Å². The van der Waals surface area contributed by atoms with Gasteiger partial charge in [-0.15, -0.1) is 0 Å². The summed E-state index contributed by atoms with van der Waals surface area (Å²) in [6, 6.07) is 16.8. The van der Waals surface area contributed by atoms with Crippen molar-refractivity contribution in [3.05, 3.63) is 59.7 Å². The Labute approximate surface area is 143 Å². The van der Waals surface area contributed by atoms with Gasteiger partial charge in [-0.3, -0.25) is 0 Å². The molecule has 3 rings (SSSR count).